The summed E-state index contributed by atoms with van der Waals surface area (Å²) in [5.74, 6) is -0.383. The normalized spacial score (nSPS) is 15.4. The van der Waals surface area contributed by atoms with Crippen molar-refractivity contribution in [1.82, 2.24) is 9.97 Å². The molecule has 0 aromatic carbocycles. The molecule has 2 rings (SSSR count). The third-order valence-corrected chi connectivity index (χ3v) is 2.68. The second-order valence-corrected chi connectivity index (χ2v) is 3.76. The van der Waals surface area contributed by atoms with Gasteiger partial charge in [0.25, 0.3) is 0 Å². The molecule has 0 radical (unpaired) electrons. The quantitative estimate of drug-likeness (QED) is 0.714. The van der Waals surface area contributed by atoms with Crippen LogP contribution in [0.15, 0.2) is 18.5 Å². The van der Waals surface area contributed by atoms with Gasteiger partial charge in [0.2, 0.25) is 5.82 Å². The first-order valence-electron chi connectivity index (χ1n) is 5.41. The molecule has 16 heavy (non-hydrogen) atoms. The maximum absolute atomic E-state index is 11.1. The highest BCUT2D eigenvalue weighted by molar-refractivity contribution is 5.85. The van der Waals surface area contributed by atoms with E-state index < -0.39 is 5.97 Å². The van der Waals surface area contributed by atoms with Crippen LogP contribution >= 0.6 is 0 Å². The Bertz CT molecular complexity index is 410. The fourth-order valence-corrected chi connectivity index (χ4v) is 1.79. The lowest BCUT2D eigenvalue weighted by atomic mass is 9.95. The van der Waals surface area contributed by atoms with E-state index in [-0.39, 0.29) is 5.82 Å². The molecule has 0 amide bonds. The van der Waals surface area contributed by atoms with Crippen LogP contribution in [0.3, 0.4) is 0 Å². The first kappa shape index (κ1) is 10.8. The van der Waals surface area contributed by atoms with E-state index in [1.54, 1.807) is 12.4 Å². The third-order valence-electron chi connectivity index (χ3n) is 2.68. The first-order valence-corrected chi connectivity index (χ1v) is 5.41. The molecule has 0 spiro atoms. The van der Waals surface area contributed by atoms with E-state index in [1.807, 2.05) is 0 Å². The molecule has 1 aromatic rings. The van der Waals surface area contributed by atoms with Crippen LogP contribution in [-0.2, 0) is 4.74 Å². The Morgan fingerprint density at radius 3 is 2.62 bits per heavy atom. The summed E-state index contributed by atoms with van der Waals surface area (Å²) < 4.78 is 4.54. The van der Waals surface area contributed by atoms with Crippen LogP contribution in [-0.4, -0.2) is 23.0 Å². The number of aromatic nitrogens is 2. The lowest BCUT2D eigenvalue weighted by Gasteiger charge is -2.11. The van der Waals surface area contributed by atoms with Gasteiger partial charge in [-0.05, 0) is 31.3 Å². The number of esters is 1. The second kappa shape index (κ2) is 4.88. The number of hydrogen-bond acceptors (Lipinski definition) is 4. The van der Waals surface area contributed by atoms with Crippen LogP contribution in [0.25, 0.3) is 5.57 Å². The lowest BCUT2D eigenvalue weighted by Crippen LogP contribution is -2.07. The standard InChI is InChI=1S/C12H14N2O2/c1-16-12(15)11-13-7-10(8-14-11)9-5-3-2-4-6-9/h5,7-8H,2-4,6H2,1H3. The van der Waals surface area contributed by atoms with Gasteiger partial charge in [0.05, 0.1) is 7.11 Å². The zero-order valence-electron chi connectivity index (χ0n) is 9.27. The Hall–Kier alpha value is -1.71. The molecule has 0 N–H and O–H groups in total. The van der Waals surface area contributed by atoms with Gasteiger partial charge in [-0.1, -0.05) is 6.08 Å². The van der Waals surface area contributed by atoms with E-state index in [0.29, 0.717) is 0 Å². The Morgan fingerprint density at radius 2 is 2.06 bits per heavy atom. The molecular weight excluding hydrogens is 204 g/mol. The molecule has 1 aliphatic carbocycles. The Morgan fingerprint density at radius 1 is 1.31 bits per heavy atom. The van der Waals surface area contributed by atoms with Gasteiger partial charge in [-0.15, -0.1) is 0 Å². The number of carbonyl (C=O) groups excluding carboxylic acids is 1. The fraction of sp³-hybridized carbons (Fsp3) is 0.417. The average Bonchev–Trinajstić information content (AvgIpc) is 2.39. The largest absolute Gasteiger partial charge is 0.463 e. The van der Waals surface area contributed by atoms with Gasteiger partial charge in [0.1, 0.15) is 0 Å². The van der Waals surface area contributed by atoms with Gasteiger partial charge in [-0.3, -0.25) is 0 Å². The maximum Gasteiger partial charge on any atom is 0.376 e. The highest BCUT2D eigenvalue weighted by Crippen LogP contribution is 2.25. The van der Waals surface area contributed by atoms with Crippen LogP contribution in [0.4, 0.5) is 0 Å². The van der Waals surface area contributed by atoms with Gasteiger partial charge in [-0.2, -0.15) is 0 Å². The maximum atomic E-state index is 11.1. The van der Waals surface area contributed by atoms with E-state index in [2.05, 4.69) is 20.8 Å². The van der Waals surface area contributed by atoms with Gasteiger partial charge in [0.15, 0.2) is 0 Å². The molecule has 0 saturated heterocycles. The smallest absolute Gasteiger partial charge is 0.376 e. The van der Waals surface area contributed by atoms with E-state index in [1.165, 1.54) is 25.5 Å². The van der Waals surface area contributed by atoms with Crippen LogP contribution in [0.1, 0.15) is 41.9 Å². The number of allylic oxidation sites excluding steroid dienone is 2. The predicted molar refractivity (Wildman–Crippen MR) is 59.8 cm³/mol. The summed E-state index contributed by atoms with van der Waals surface area (Å²) in [5, 5.41) is 0. The van der Waals surface area contributed by atoms with Crippen molar-refractivity contribution in [2.45, 2.75) is 25.7 Å². The summed E-state index contributed by atoms with van der Waals surface area (Å²) in [4.78, 5) is 19.1. The molecule has 84 valence electrons. The van der Waals surface area contributed by atoms with Crippen molar-refractivity contribution in [2.24, 2.45) is 0 Å². The molecule has 0 aliphatic heterocycles. The summed E-state index contributed by atoms with van der Waals surface area (Å²) in [6, 6.07) is 0. The third kappa shape index (κ3) is 2.27. The van der Waals surface area contributed by atoms with Gasteiger partial charge in [-0.25, -0.2) is 14.8 Å². The fourth-order valence-electron chi connectivity index (χ4n) is 1.79. The monoisotopic (exact) mass is 218 g/mol. The summed E-state index contributed by atoms with van der Waals surface area (Å²) in [6.45, 7) is 0. The molecule has 0 atom stereocenters. The van der Waals surface area contributed by atoms with Gasteiger partial charge < -0.3 is 4.74 Å². The predicted octanol–water partition coefficient (Wildman–Crippen LogP) is 2.22. The van der Waals surface area contributed by atoms with Crippen LogP contribution in [0.5, 0.6) is 0 Å². The van der Waals surface area contributed by atoms with E-state index >= 15 is 0 Å². The van der Waals surface area contributed by atoms with Gasteiger partial charge >= 0.3 is 5.97 Å². The summed E-state index contributed by atoms with van der Waals surface area (Å²) in [7, 11) is 1.32. The molecule has 0 unspecified atom stereocenters. The Kier molecular flexibility index (Phi) is 3.29. The van der Waals surface area contributed by atoms with E-state index in [4.69, 9.17) is 0 Å². The van der Waals surface area contributed by atoms with Crippen LogP contribution < -0.4 is 0 Å². The Balaban J connectivity index is 2.18. The number of ether oxygens (including phenoxy) is 1. The molecule has 1 heterocycles. The molecule has 0 saturated carbocycles. The Labute approximate surface area is 94.4 Å². The van der Waals surface area contributed by atoms with Crippen molar-refractivity contribution in [3.63, 3.8) is 0 Å². The number of carbonyl (C=O) groups is 1. The topological polar surface area (TPSA) is 52.1 Å². The van der Waals surface area contributed by atoms with Crippen molar-refractivity contribution in [2.75, 3.05) is 7.11 Å². The molecule has 1 aliphatic rings. The number of nitrogens with zero attached hydrogens (tertiary/aromatic N) is 2. The second-order valence-electron chi connectivity index (χ2n) is 3.76. The van der Waals surface area contributed by atoms with Crippen molar-refractivity contribution < 1.29 is 9.53 Å². The molecule has 0 bridgehead atoms. The lowest BCUT2D eigenvalue weighted by molar-refractivity contribution is 0.0586. The number of hydrogen-bond donors (Lipinski definition) is 0. The summed E-state index contributed by atoms with van der Waals surface area (Å²) in [5.41, 5.74) is 2.29. The minimum absolute atomic E-state index is 0.114. The van der Waals surface area contributed by atoms with E-state index in [9.17, 15) is 4.79 Å². The molecule has 4 heteroatoms. The van der Waals surface area contributed by atoms with Crippen LogP contribution in [0.2, 0.25) is 0 Å². The van der Waals surface area contributed by atoms with Crippen molar-refractivity contribution in [3.8, 4) is 0 Å². The van der Waals surface area contributed by atoms with Gasteiger partial charge in [0, 0.05) is 18.0 Å². The zero-order valence-corrected chi connectivity index (χ0v) is 9.27. The van der Waals surface area contributed by atoms with Crippen molar-refractivity contribution in [3.05, 3.63) is 29.9 Å². The SMILES string of the molecule is COC(=O)c1ncc(C2=CCCCC2)cn1. The molecule has 4 nitrogen and oxygen atoms in total. The summed E-state index contributed by atoms with van der Waals surface area (Å²) >= 11 is 0. The highest BCUT2D eigenvalue weighted by Gasteiger charge is 2.11. The number of methoxy groups -OCH3 is 1. The van der Waals surface area contributed by atoms with Crippen molar-refractivity contribution in [1.29, 1.82) is 0 Å². The summed E-state index contributed by atoms with van der Waals surface area (Å²) in [6.07, 6.45) is 10.3. The van der Waals surface area contributed by atoms with Crippen molar-refractivity contribution >= 4 is 11.5 Å². The first-order chi connectivity index (χ1) is 7.81. The minimum Gasteiger partial charge on any atom is -0.463 e. The zero-order chi connectivity index (χ0) is 11.4. The van der Waals surface area contributed by atoms with E-state index in [0.717, 1.165) is 18.4 Å². The minimum atomic E-state index is -0.496. The molecule has 0 fully saturated rings. The number of rotatable bonds is 2. The highest BCUT2D eigenvalue weighted by atomic mass is 16.5. The molecule has 1 aromatic heterocycles. The average molecular weight is 218 g/mol. The molecular formula is C12H14N2O2. The van der Waals surface area contributed by atoms with Crippen LogP contribution in [0, 0.1) is 0 Å².